The van der Waals surface area contributed by atoms with Crippen LogP contribution >= 0.6 is 0 Å². The van der Waals surface area contributed by atoms with Gasteiger partial charge >= 0.3 is 0 Å². The second kappa shape index (κ2) is 14.5. The third-order valence-electron chi connectivity index (χ3n) is 10.9. The summed E-state index contributed by atoms with van der Waals surface area (Å²) in [5.41, 5.74) is 17.2. The third-order valence-corrected chi connectivity index (χ3v) is 10.9. The van der Waals surface area contributed by atoms with Gasteiger partial charge in [-0.3, -0.25) is 0 Å². The van der Waals surface area contributed by atoms with Gasteiger partial charge in [-0.2, -0.15) is 0 Å². The zero-order valence-corrected chi connectivity index (χ0v) is 30.8. The number of nitrogens with zero attached hydrogens (tertiary/aromatic N) is 1. The lowest BCUT2D eigenvalue weighted by atomic mass is 9.85. The van der Waals surface area contributed by atoms with Crippen molar-refractivity contribution in [2.75, 3.05) is 5.32 Å². The Morgan fingerprint density at radius 2 is 0.893 bits per heavy atom. The molecule has 0 bridgehead atoms. The number of fused-ring (bicyclic) bond motifs is 3. The van der Waals surface area contributed by atoms with Crippen molar-refractivity contribution in [3.63, 3.8) is 0 Å². The van der Waals surface area contributed by atoms with Crippen LogP contribution in [0.4, 0.5) is 5.69 Å². The zero-order valence-electron chi connectivity index (χ0n) is 30.8. The first kappa shape index (κ1) is 33.3. The van der Waals surface area contributed by atoms with Gasteiger partial charge in [-0.15, -0.1) is 0 Å². The maximum Gasteiger partial charge on any atom is 0.0715 e. The van der Waals surface area contributed by atoms with Crippen molar-refractivity contribution in [3.05, 3.63) is 235 Å². The molecule has 9 aromatic rings. The minimum absolute atomic E-state index is 0.0732. The van der Waals surface area contributed by atoms with Crippen LogP contribution in [0.1, 0.15) is 22.7 Å². The molecule has 1 aromatic heterocycles. The molecule has 56 heavy (non-hydrogen) atoms. The molecule has 1 aliphatic heterocycles. The Hall–Kier alpha value is -7.29. The molecule has 2 nitrogen and oxygen atoms in total. The predicted molar refractivity (Wildman–Crippen MR) is 235 cm³/mol. The number of benzene rings is 8. The number of hydrogen-bond donors (Lipinski definition) is 1. The van der Waals surface area contributed by atoms with E-state index >= 15 is 0 Å². The Labute approximate surface area is 328 Å². The molecule has 1 N–H and O–H groups in total. The SMILES string of the molecule is C1=C(c2ccccc2)c2c(ccc3c(-c4cccc(-c5cc(-c6ccccc6)nc(-c6ccc(-c7ccccc7)cc6)c5)c4)cccc23)NC1c1ccccc1. The van der Waals surface area contributed by atoms with E-state index in [-0.39, 0.29) is 6.04 Å². The second-order valence-corrected chi connectivity index (χ2v) is 14.4. The van der Waals surface area contributed by atoms with Crippen LogP contribution in [-0.4, -0.2) is 4.98 Å². The van der Waals surface area contributed by atoms with Gasteiger partial charge in [-0.05, 0) is 91.2 Å². The van der Waals surface area contributed by atoms with Gasteiger partial charge in [0, 0.05) is 22.4 Å². The standard InChI is InChI=1S/C54H38N2/c1-5-15-37(16-6-1)38-27-29-42(30-28-38)52-35-45(34-51(56-52)40-19-9-3-10-20-40)43-23-13-24-44(33-43)46-25-14-26-48-47(46)31-32-50-54(48)49(39-17-7-2-8-18-39)36-53(55-50)41-21-11-4-12-22-41/h1-36,53,55H. The van der Waals surface area contributed by atoms with E-state index in [4.69, 9.17) is 4.98 Å². The van der Waals surface area contributed by atoms with Crippen LogP contribution in [0.2, 0.25) is 0 Å². The molecule has 0 spiro atoms. The number of nitrogens with one attached hydrogen (secondary N) is 1. The average Bonchev–Trinajstić information content (AvgIpc) is 3.29. The molecular weight excluding hydrogens is 677 g/mol. The van der Waals surface area contributed by atoms with Gasteiger partial charge in [0.2, 0.25) is 0 Å². The summed E-state index contributed by atoms with van der Waals surface area (Å²) in [6.45, 7) is 0. The van der Waals surface area contributed by atoms with E-state index in [0.29, 0.717) is 0 Å². The lowest BCUT2D eigenvalue weighted by Crippen LogP contribution is -2.15. The maximum atomic E-state index is 5.21. The minimum Gasteiger partial charge on any atom is -0.374 e. The lowest BCUT2D eigenvalue weighted by Gasteiger charge is -2.29. The van der Waals surface area contributed by atoms with Crippen molar-refractivity contribution in [2.45, 2.75) is 6.04 Å². The van der Waals surface area contributed by atoms with Crippen molar-refractivity contribution in [3.8, 4) is 55.9 Å². The average molecular weight is 715 g/mol. The highest BCUT2D eigenvalue weighted by molar-refractivity contribution is 6.09. The molecule has 0 fully saturated rings. The first-order chi connectivity index (χ1) is 27.7. The molecule has 2 heteroatoms. The van der Waals surface area contributed by atoms with Crippen LogP contribution in [0.25, 0.3) is 72.2 Å². The van der Waals surface area contributed by atoms with Crippen molar-refractivity contribution in [1.29, 1.82) is 0 Å². The monoisotopic (exact) mass is 714 g/mol. The Kier molecular flexibility index (Phi) is 8.62. The van der Waals surface area contributed by atoms with Crippen molar-refractivity contribution < 1.29 is 0 Å². The molecule has 0 saturated carbocycles. The predicted octanol–water partition coefficient (Wildman–Crippen LogP) is 14.2. The molecule has 264 valence electrons. The summed E-state index contributed by atoms with van der Waals surface area (Å²) in [5, 5.41) is 6.32. The number of anilines is 1. The summed E-state index contributed by atoms with van der Waals surface area (Å²) in [6, 6.07) is 76.0. The summed E-state index contributed by atoms with van der Waals surface area (Å²) in [4.78, 5) is 5.21. The molecule has 8 aromatic carbocycles. The van der Waals surface area contributed by atoms with Gasteiger partial charge in [0.15, 0.2) is 0 Å². The van der Waals surface area contributed by atoms with Crippen LogP contribution in [0, 0.1) is 0 Å². The fourth-order valence-corrected chi connectivity index (χ4v) is 8.11. The lowest BCUT2D eigenvalue weighted by molar-refractivity contribution is 0.974. The molecule has 1 atom stereocenters. The highest BCUT2D eigenvalue weighted by atomic mass is 14.9. The van der Waals surface area contributed by atoms with Gasteiger partial charge in [0.1, 0.15) is 0 Å². The highest BCUT2D eigenvalue weighted by Crippen LogP contribution is 2.45. The first-order valence-electron chi connectivity index (χ1n) is 19.2. The molecular formula is C54H38N2. The Balaban J connectivity index is 1.08. The number of hydrogen-bond acceptors (Lipinski definition) is 2. The summed E-state index contributed by atoms with van der Waals surface area (Å²) in [6.07, 6.45) is 2.39. The normalized spacial score (nSPS) is 13.4. The zero-order chi connectivity index (χ0) is 37.3. The van der Waals surface area contributed by atoms with Crippen LogP contribution in [0.3, 0.4) is 0 Å². The van der Waals surface area contributed by atoms with E-state index < -0.39 is 0 Å². The summed E-state index contributed by atoms with van der Waals surface area (Å²) in [5.74, 6) is 0. The van der Waals surface area contributed by atoms with Gasteiger partial charge in [0.05, 0.1) is 17.4 Å². The van der Waals surface area contributed by atoms with Crippen molar-refractivity contribution in [1.82, 2.24) is 4.98 Å². The fraction of sp³-hybridized carbons (Fsp3) is 0.0185. The second-order valence-electron chi connectivity index (χ2n) is 14.4. The molecule has 0 radical (unpaired) electrons. The van der Waals surface area contributed by atoms with E-state index in [1.807, 2.05) is 0 Å². The number of pyridine rings is 1. The summed E-state index contributed by atoms with van der Waals surface area (Å²) >= 11 is 0. The van der Waals surface area contributed by atoms with Crippen LogP contribution in [0.15, 0.2) is 218 Å². The molecule has 1 unspecified atom stereocenters. The van der Waals surface area contributed by atoms with E-state index in [1.165, 1.54) is 55.3 Å². The van der Waals surface area contributed by atoms with Crippen LogP contribution in [0.5, 0.6) is 0 Å². The minimum atomic E-state index is 0.0732. The van der Waals surface area contributed by atoms with E-state index in [9.17, 15) is 0 Å². The fourth-order valence-electron chi connectivity index (χ4n) is 8.11. The third kappa shape index (κ3) is 6.38. The molecule has 0 amide bonds. The largest absolute Gasteiger partial charge is 0.374 e. The molecule has 1 aliphatic rings. The first-order valence-corrected chi connectivity index (χ1v) is 19.2. The van der Waals surface area contributed by atoms with Crippen molar-refractivity contribution in [2.24, 2.45) is 0 Å². The molecule has 0 aliphatic carbocycles. The highest BCUT2D eigenvalue weighted by Gasteiger charge is 2.24. The Morgan fingerprint density at radius 1 is 0.357 bits per heavy atom. The Morgan fingerprint density at radius 3 is 1.59 bits per heavy atom. The van der Waals surface area contributed by atoms with Crippen molar-refractivity contribution >= 4 is 22.0 Å². The Bertz CT molecular complexity index is 2840. The molecule has 0 saturated heterocycles. The van der Waals surface area contributed by atoms with E-state index in [0.717, 1.165) is 39.3 Å². The number of aromatic nitrogens is 1. The van der Waals surface area contributed by atoms with Crippen LogP contribution in [-0.2, 0) is 0 Å². The summed E-state index contributed by atoms with van der Waals surface area (Å²) in [7, 11) is 0. The topological polar surface area (TPSA) is 24.9 Å². The molecule has 10 rings (SSSR count). The van der Waals surface area contributed by atoms with E-state index in [2.05, 4.69) is 224 Å². The van der Waals surface area contributed by atoms with Gasteiger partial charge in [0.25, 0.3) is 0 Å². The van der Waals surface area contributed by atoms with Gasteiger partial charge in [-0.25, -0.2) is 4.98 Å². The quantitative estimate of drug-likeness (QED) is 0.178. The van der Waals surface area contributed by atoms with E-state index in [1.54, 1.807) is 0 Å². The van der Waals surface area contributed by atoms with Crippen LogP contribution < -0.4 is 5.32 Å². The van der Waals surface area contributed by atoms with Gasteiger partial charge < -0.3 is 5.32 Å². The smallest absolute Gasteiger partial charge is 0.0715 e. The molecule has 2 heterocycles. The van der Waals surface area contributed by atoms with Gasteiger partial charge in [-0.1, -0.05) is 188 Å². The summed E-state index contributed by atoms with van der Waals surface area (Å²) < 4.78 is 0. The number of rotatable bonds is 7. The maximum absolute atomic E-state index is 5.21.